The molecule has 12 nitrogen and oxygen atoms in total. The lowest BCUT2D eigenvalue weighted by Gasteiger charge is -2.28. The van der Waals surface area contributed by atoms with Crippen LogP contribution in [0.3, 0.4) is 0 Å². The van der Waals surface area contributed by atoms with Crippen LogP contribution in [0.2, 0.25) is 0 Å². The molecule has 4 rings (SSSR count). The Morgan fingerprint density at radius 1 is 1.09 bits per heavy atom. The van der Waals surface area contributed by atoms with E-state index in [-0.39, 0.29) is 12.2 Å². The molecule has 0 radical (unpaired) electrons. The Bertz CT molecular complexity index is 1620. The predicted octanol–water partition coefficient (Wildman–Crippen LogP) is 5.16. The van der Waals surface area contributed by atoms with Crippen molar-refractivity contribution in [3.05, 3.63) is 90.6 Å². The van der Waals surface area contributed by atoms with Crippen molar-refractivity contribution in [2.45, 2.75) is 32.7 Å². The molecule has 0 spiro atoms. The van der Waals surface area contributed by atoms with Gasteiger partial charge in [-0.15, -0.1) is 0 Å². The van der Waals surface area contributed by atoms with E-state index in [1.54, 1.807) is 44.5 Å². The summed E-state index contributed by atoms with van der Waals surface area (Å²) in [7, 11) is 2.84. The minimum absolute atomic E-state index is 0.156. The van der Waals surface area contributed by atoms with Gasteiger partial charge in [0.05, 0.1) is 42.2 Å². The van der Waals surface area contributed by atoms with E-state index >= 15 is 0 Å². The largest absolute Gasteiger partial charge is 0.493 e. The van der Waals surface area contributed by atoms with E-state index < -0.39 is 24.3 Å². The predicted molar refractivity (Wildman–Crippen MR) is 183 cm³/mol. The highest BCUT2D eigenvalue weighted by molar-refractivity contribution is 14.1. The highest BCUT2D eigenvalue weighted by atomic mass is 127. The molecule has 0 fully saturated rings. The molecule has 0 unspecified atom stereocenters. The van der Waals surface area contributed by atoms with Gasteiger partial charge in [-0.2, -0.15) is 5.10 Å². The summed E-state index contributed by atoms with van der Waals surface area (Å²) in [6, 6.07) is 15.4. The number of rotatable bonds is 14. The molecule has 3 aromatic rings. The van der Waals surface area contributed by atoms with Crippen LogP contribution in [0.5, 0.6) is 23.0 Å². The fraction of sp³-hybridized carbons (Fsp3) is 0.281. The minimum atomic E-state index is -1.15. The molecule has 1 aliphatic heterocycles. The normalized spacial score (nSPS) is 15.1. The van der Waals surface area contributed by atoms with Crippen molar-refractivity contribution >= 4 is 56.7 Å². The zero-order chi connectivity index (χ0) is 33.2. The van der Waals surface area contributed by atoms with Gasteiger partial charge in [0.15, 0.2) is 29.2 Å². The Hall–Kier alpha value is -4.02. The number of methoxy groups -OCH3 is 2. The average Bonchev–Trinajstić information content (AvgIpc) is 3.03. The number of hydrogen-bond acceptors (Lipinski definition) is 10. The Morgan fingerprint density at radius 2 is 1.85 bits per heavy atom. The smallest absolute Gasteiger partial charge is 0.337 e. The molecule has 244 valence electrons. The Morgan fingerprint density at radius 3 is 2.54 bits per heavy atom. The number of esters is 1. The van der Waals surface area contributed by atoms with Gasteiger partial charge in [0.25, 0.3) is 0 Å². The third kappa shape index (κ3) is 9.04. The van der Waals surface area contributed by atoms with E-state index in [2.05, 4.69) is 59.7 Å². The van der Waals surface area contributed by atoms with Crippen LogP contribution in [0.4, 0.5) is 4.79 Å². The zero-order valence-corrected chi connectivity index (χ0v) is 29.3. The van der Waals surface area contributed by atoms with Gasteiger partial charge in [-0.25, -0.2) is 9.59 Å². The third-order valence-electron chi connectivity index (χ3n) is 6.66. The number of halogens is 2. The maximum absolute atomic E-state index is 12.5. The van der Waals surface area contributed by atoms with E-state index in [1.165, 1.54) is 7.11 Å². The number of carbonyl (C=O) groups is 2. The molecule has 0 saturated heterocycles. The van der Waals surface area contributed by atoms with E-state index in [0.29, 0.717) is 47.5 Å². The number of amides is 2. The molecular formula is C32H34BrIN4O8. The first kappa shape index (κ1) is 34.8. The van der Waals surface area contributed by atoms with Gasteiger partial charge in [-0.3, -0.25) is 5.43 Å². The SMILES string of the molecule is CCOc1cc([C@H]2NC(=O)NC(C)=C2C(=O)OC)ccc1OC[C@H](O)N/N=C\c1cc(I)c(OCc2ccc(Br)cc2)c(OC)c1. The summed E-state index contributed by atoms with van der Waals surface area (Å²) in [6.45, 7) is 4.00. The summed E-state index contributed by atoms with van der Waals surface area (Å²) >= 11 is 5.61. The van der Waals surface area contributed by atoms with Gasteiger partial charge in [-0.05, 0) is 89.5 Å². The molecule has 2 amide bonds. The lowest BCUT2D eigenvalue weighted by molar-refractivity contribution is -0.136. The number of ether oxygens (including phenoxy) is 5. The molecule has 4 N–H and O–H groups in total. The number of carbonyl (C=O) groups excluding carboxylic acids is 2. The van der Waals surface area contributed by atoms with E-state index in [4.69, 9.17) is 23.7 Å². The second kappa shape index (κ2) is 16.5. The fourth-order valence-electron chi connectivity index (χ4n) is 4.51. The Balaban J connectivity index is 1.38. The highest BCUT2D eigenvalue weighted by Gasteiger charge is 2.32. The number of nitrogens with zero attached hydrogens (tertiary/aromatic N) is 1. The van der Waals surface area contributed by atoms with Gasteiger partial charge >= 0.3 is 12.0 Å². The van der Waals surface area contributed by atoms with Crippen molar-refractivity contribution in [2.75, 3.05) is 27.4 Å². The number of nitrogens with one attached hydrogen (secondary N) is 3. The van der Waals surface area contributed by atoms with Crippen LogP contribution in [-0.2, 0) is 16.1 Å². The quantitative estimate of drug-likeness (QED) is 0.0570. The molecular weight excluding hydrogens is 775 g/mol. The Labute approximate surface area is 288 Å². The van der Waals surface area contributed by atoms with E-state index in [1.807, 2.05) is 37.3 Å². The second-order valence-electron chi connectivity index (χ2n) is 9.86. The molecule has 0 saturated carbocycles. The van der Waals surface area contributed by atoms with Crippen LogP contribution < -0.4 is 35.0 Å². The number of allylic oxidation sites excluding steroid dienone is 1. The monoisotopic (exact) mass is 808 g/mol. The third-order valence-corrected chi connectivity index (χ3v) is 7.99. The zero-order valence-electron chi connectivity index (χ0n) is 25.6. The van der Waals surface area contributed by atoms with E-state index in [0.717, 1.165) is 19.2 Å². The second-order valence-corrected chi connectivity index (χ2v) is 11.9. The first-order valence-electron chi connectivity index (χ1n) is 14.1. The molecule has 1 aliphatic rings. The van der Waals surface area contributed by atoms with Gasteiger partial charge in [0, 0.05) is 10.2 Å². The van der Waals surface area contributed by atoms with Crippen LogP contribution >= 0.6 is 38.5 Å². The summed E-state index contributed by atoms with van der Waals surface area (Å²) < 4.78 is 29.9. The lowest BCUT2D eigenvalue weighted by Crippen LogP contribution is -2.45. The van der Waals surface area contributed by atoms with Crippen LogP contribution in [0.15, 0.2) is 75.4 Å². The standard InChI is InChI=1S/C32H34BrIN4O8/c1-5-44-25-14-21(29-28(31(40)43-4)18(2)36-32(41)37-29)8-11-24(25)45-17-27(39)38-35-15-20-12-23(34)30(26(13-20)42-3)46-16-19-6-9-22(33)10-7-19/h6-15,27,29,38-39H,5,16-17H2,1-4H3,(H2,36,37,41)/b35-15-/t27-,29+/m0/s1. The number of urea groups is 1. The average molecular weight is 809 g/mol. The highest BCUT2D eigenvalue weighted by Crippen LogP contribution is 2.36. The van der Waals surface area contributed by atoms with Crippen LogP contribution in [0.25, 0.3) is 0 Å². The number of hydrogen-bond donors (Lipinski definition) is 4. The number of aliphatic hydroxyl groups is 1. The van der Waals surface area contributed by atoms with Gasteiger partial charge in [0.1, 0.15) is 13.2 Å². The molecule has 1 heterocycles. The maximum Gasteiger partial charge on any atom is 0.337 e. The maximum atomic E-state index is 12.5. The van der Waals surface area contributed by atoms with Crippen molar-refractivity contribution < 1.29 is 38.4 Å². The van der Waals surface area contributed by atoms with Crippen molar-refractivity contribution in [2.24, 2.45) is 5.10 Å². The molecule has 46 heavy (non-hydrogen) atoms. The number of hydrazone groups is 1. The number of benzene rings is 3. The van der Waals surface area contributed by atoms with Gasteiger partial charge in [0.2, 0.25) is 0 Å². The summed E-state index contributed by atoms with van der Waals surface area (Å²) in [5.41, 5.74) is 5.64. The topological polar surface area (TPSA) is 149 Å². The summed E-state index contributed by atoms with van der Waals surface area (Å²) in [4.78, 5) is 24.6. The van der Waals surface area contributed by atoms with Crippen molar-refractivity contribution in [3.63, 3.8) is 0 Å². The lowest BCUT2D eigenvalue weighted by atomic mass is 9.95. The molecule has 2 atom stereocenters. The van der Waals surface area contributed by atoms with Crippen molar-refractivity contribution in [1.82, 2.24) is 16.1 Å². The number of aliphatic hydroxyl groups excluding tert-OH is 1. The van der Waals surface area contributed by atoms with Gasteiger partial charge < -0.3 is 39.4 Å². The molecule has 0 aromatic heterocycles. The van der Waals surface area contributed by atoms with E-state index in [9.17, 15) is 14.7 Å². The first-order valence-corrected chi connectivity index (χ1v) is 16.0. The summed E-state index contributed by atoms with van der Waals surface area (Å²) in [5.74, 6) is 1.33. The Kier molecular flexibility index (Phi) is 12.5. The van der Waals surface area contributed by atoms with Crippen LogP contribution in [0, 0.1) is 3.57 Å². The van der Waals surface area contributed by atoms with Gasteiger partial charge in [-0.1, -0.05) is 34.1 Å². The van der Waals surface area contributed by atoms with Crippen LogP contribution in [-0.4, -0.2) is 57.0 Å². The minimum Gasteiger partial charge on any atom is -0.493 e. The molecule has 0 aliphatic carbocycles. The molecule has 0 bridgehead atoms. The molecule has 3 aromatic carbocycles. The summed E-state index contributed by atoms with van der Waals surface area (Å²) in [5, 5.41) is 20.0. The fourth-order valence-corrected chi connectivity index (χ4v) is 5.56. The molecule has 14 heteroatoms. The first-order chi connectivity index (χ1) is 22.1. The van der Waals surface area contributed by atoms with Crippen molar-refractivity contribution in [3.8, 4) is 23.0 Å². The summed E-state index contributed by atoms with van der Waals surface area (Å²) in [6.07, 6.45) is 0.397. The van der Waals surface area contributed by atoms with Crippen LogP contribution in [0.1, 0.15) is 36.6 Å². The van der Waals surface area contributed by atoms with Crippen molar-refractivity contribution in [1.29, 1.82) is 0 Å².